The minimum Gasteiger partial charge on any atom is -0.433 e. The molecule has 1 atom stereocenters. The normalized spacial score (nSPS) is 12.1. The van der Waals surface area contributed by atoms with Crippen LogP contribution in [-0.2, 0) is 14.3 Å². The molecule has 0 aromatic rings. The van der Waals surface area contributed by atoms with E-state index in [4.69, 9.17) is 9.47 Å². The number of carbonyl (C=O) groups is 1. The molecule has 0 saturated carbocycles. The molecule has 0 aliphatic rings. The van der Waals surface area contributed by atoms with Crippen LogP contribution in [0.5, 0.6) is 0 Å². The van der Waals surface area contributed by atoms with Crippen molar-refractivity contribution in [3.8, 4) is 0 Å². The van der Waals surface area contributed by atoms with Crippen LogP contribution in [0.15, 0.2) is 12.2 Å². The number of rotatable bonds is 14. The Morgan fingerprint density at radius 1 is 0.952 bits per heavy atom. The smallest absolute Gasteiger partial charge is 0.335 e. The number of hydrogen-bond donors (Lipinski definition) is 0. The van der Waals surface area contributed by atoms with Gasteiger partial charge in [0.1, 0.15) is 0 Å². The van der Waals surface area contributed by atoms with Crippen molar-refractivity contribution < 1.29 is 14.3 Å². The maximum atomic E-state index is 11.3. The first kappa shape index (κ1) is 20.2. The van der Waals surface area contributed by atoms with Crippen LogP contribution in [-0.4, -0.2) is 18.9 Å². The van der Waals surface area contributed by atoms with Gasteiger partial charge in [0.05, 0.1) is 6.61 Å². The molecule has 0 saturated heterocycles. The van der Waals surface area contributed by atoms with Gasteiger partial charge in [0.15, 0.2) is 6.29 Å². The lowest BCUT2D eigenvalue weighted by Crippen LogP contribution is -2.18. The van der Waals surface area contributed by atoms with Crippen LogP contribution >= 0.6 is 0 Å². The first-order valence-corrected chi connectivity index (χ1v) is 8.56. The molecular formula is C18H34O3. The van der Waals surface area contributed by atoms with Gasteiger partial charge in [-0.05, 0) is 20.3 Å². The van der Waals surface area contributed by atoms with Crippen molar-refractivity contribution in [2.24, 2.45) is 0 Å². The highest BCUT2D eigenvalue weighted by molar-refractivity contribution is 5.86. The molecule has 3 nitrogen and oxygen atoms in total. The fraction of sp³-hybridized carbons (Fsp3) is 0.833. The van der Waals surface area contributed by atoms with E-state index in [0.717, 1.165) is 6.42 Å². The summed E-state index contributed by atoms with van der Waals surface area (Å²) >= 11 is 0. The van der Waals surface area contributed by atoms with Gasteiger partial charge in [-0.25, -0.2) is 4.79 Å². The quantitative estimate of drug-likeness (QED) is 0.187. The molecule has 0 aromatic carbocycles. The van der Waals surface area contributed by atoms with Gasteiger partial charge in [0.2, 0.25) is 0 Å². The molecule has 0 spiro atoms. The zero-order valence-corrected chi connectivity index (χ0v) is 14.3. The summed E-state index contributed by atoms with van der Waals surface area (Å²) in [5, 5.41) is 0. The fourth-order valence-electron chi connectivity index (χ4n) is 2.12. The summed E-state index contributed by atoms with van der Waals surface area (Å²) in [6.07, 6.45) is 12.6. The maximum absolute atomic E-state index is 11.3. The van der Waals surface area contributed by atoms with Crippen LogP contribution in [0.4, 0.5) is 0 Å². The van der Waals surface area contributed by atoms with Gasteiger partial charge in [0, 0.05) is 5.57 Å². The van der Waals surface area contributed by atoms with Gasteiger partial charge in [-0.15, -0.1) is 0 Å². The highest BCUT2D eigenvalue weighted by atomic mass is 16.7. The summed E-state index contributed by atoms with van der Waals surface area (Å²) in [7, 11) is 0. The second kappa shape index (κ2) is 14.1. The topological polar surface area (TPSA) is 35.5 Å². The van der Waals surface area contributed by atoms with Gasteiger partial charge >= 0.3 is 5.97 Å². The van der Waals surface area contributed by atoms with Crippen LogP contribution in [0.2, 0.25) is 0 Å². The molecule has 0 heterocycles. The molecular weight excluding hydrogens is 264 g/mol. The Balaban J connectivity index is 3.25. The first-order valence-electron chi connectivity index (χ1n) is 8.56. The lowest BCUT2D eigenvalue weighted by molar-refractivity contribution is -0.170. The molecule has 124 valence electrons. The SMILES string of the molecule is C=C(C)C(=O)OC(C)OCCCCCCCCCCCC. The summed E-state index contributed by atoms with van der Waals surface area (Å²) < 4.78 is 10.5. The van der Waals surface area contributed by atoms with Crippen molar-refractivity contribution in [3.05, 3.63) is 12.2 Å². The van der Waals surface area contributed by atoms with E-state index in [0.29, 0.717) is 12.2 Å². The van der Waals surface area contributed by atoms with Crippen LogP contribution in [0.1, 0.15) is 85.0 Å². The molecule has 0 amide bonds. The lowest BCUT2D eigenvalue weighted by atomic mass is 10.1. The Labute approximate surface area is 131 Å². The number of ether oxygens (including phenoxy) is 2. The summed E-state index contributed by atoms with van der Waals surface area (Å²) in [6.45, 7) is 9.83. The standard InChI is InChI=1S/C18H34O3/c1-5-6-7-8-9-10-11-12-13-14-15-20-17(4)21-18(19)16(2)3/h17H,2,5-15H2,1,3-4H3. The van der Waals surface area contributed by atoms with Gasteiger partial charge in [-0.1, -0.05) is 71.3 Å². The van der Waals surface area contributed by atoms with Crippen molar-refractivity contribution in [3.63, 3.8) is 0 Å². The predicted octanol–water partition coefficient (Wildman–Crippen LogP) is 5.39. The molecule has 0 rings (SSSR count). The van der Waals surface area contributed by atoms with Gasteiger partial charge < -0.3 is 9.47 Å². The van der Waals surface area contributed by atoms with Gasteiger partial charge in [-0.2, -0.15) is 0 Å². The molecule has 21 heavy (non-hydrogen) atoms. The Morgan fingerprint density at radius 2 is 1.43 bits per heavy atom. The summed E-state index contributed by atoms with van der Waals surface area (Å²) in [6, 6.07) is 0. The zero-order chi connectivity index (χ0) is 15.9. The Hall–Kier alpha value is -0.830. The average molecular weight is 298 g/mol. The highest BCUT2D eigenvalue weighted by Crippen LogP contribution is 2.10. The molecule has 0 aliphatic heterocycles. The van der Waals surface area contributed by atoms with Crippen LogP contribution in [0.3, 0.4) is 0 Å². The first-order chi connectivity index (χ1) is 10.1. The minimum absolute atomic E-state index is 0.384. The van der Waals surface area contributed by atoms with E-state index in [1.807, 2.05) is 0 Å². The molecule has 0 aromatic heterocycles. The Kier molecular flexibility index (Phi) is 13.6. The monoisotopic (exact) mass is 298 g/mol. The van der Waals surface area contributed by atoms with Gasteiger partial charge in [-0.3, -0.25) is 0 Å². The number of unbranched alkanes of at least 4 members (excludes halogenated alkanes) is 9. The van der Waals surface area contributed by atoms with Gasteiger partial charge in [0.25, 0.3) is 0 Å². The Bertz CT molecular complexity index is 274. The van der Waals surface area contributed by atoms with Crippen molar-refractivity contribution in [1.29, 1.82) is 0 Å². The third-order valence-electron chi connectivity index (χ3n) is 3.47. The van der Waals surface area contributed by atoms with E-state index >= 15 is 0 Å². The van der Waals surface area contributed by atoms with Crippen molar-refractivity contribution in [2.75, 3.05) is 6.61 Å². The third-order valence-corrected chi connectivity index (χ3v) is 3.47. The third kappa shape index (κ3) is 13.9. The molecule has 0 radical (unpaired) electrons. The molecule has 3 heteroatoms. The van der Waals surface area contributed by atoms with Crippen molar-refractivity contribution in [2.45, 2.75) is 91.3 Å². The second-order valence-electron chi connectivity index (χ2n) is 5.81. The van der Waals surface area contributed by atoms with E-state index in [1.165, 1.54) is 57.8 Å². The molecule has 0 N–H and O–H groups in total. The minimum atomic E-state index is -0.479. The highest BCUT2D eigenvalue weighted by Gasteiger charge is 2.09. The Morgan fingerprint density at radius 3 is 1.90 bits per heavy atom. The van der Waals surface area contributed by atoms with E-state index in [2.05, 4.69) is 13.5 Å². The summed E-state index contributed by atoms with van der Waals surface area (Å²) in [5.41, 5.74) is 0.407. The summed E-state index contributed by atoms with van der Waals surface area (Å²) in [4.78, 5) is 11.3. The van der Waals surface area contributed by atoms with Crippen LogP contribution in [0.25, 0.3) is 0 Å². The average Bonchev–Trinajstić information content (AvgIpc) is 2.44. The molecule has 0 aliphatic carbocycles. The fourth-order valence-corrected chi connectivity index (χ4v) is 2.12. The maximum Gasteiger partial charge on any atom is 0.335 e. The number of esters is 1. The number of carbonyl (C=O) groups excluding carboxylic acids is 1. The van der Waals surface area contributed by atoms with E-state index < -0.39 is 6.29 Å². The van der Waals surface area contributed by atoms with E-state index in [-0.39, 0.29) is 5.97 Å². The molecule has 0 bridgehead atoms. The number of hydrogen-bond acceptors (Lipinski definition) is 3. The van der Waals surface area contributed by atoms with E-state index in [9.17, 15) is 4.79 Å². The van der Waals surface area contributed by atoms with Crippen LogP contribution < -0.4 is 0 Å². The predicted molar refractivity (Wildman–Crippen MR) is 88.2 cm³/mol. The van der Waals surface area contributed by atoms with Crippen molar-refractivity contribution >= 4 is 5.97 Å². The van der Waals surface area contributed by atoms with Crippen molar-refractivity contribution in [1.82, 2.24) is 0 Å². The second-order valence-corrected chi connectivity index (χ2v) is 5.81. The zero-order valence-electron chi connectivity index (χ0n) is 14.3. The van der Waals surface area contributed by atoms with Crippen LogP contribution in [0, 0.1) is 0 Å². The summed E-state index contributed by atoms with van der Waals surface area (Å²) in [5.74, 6) is -0.384. The largest absolute Gasteiger partial charge is 0.433 e. The molecule has 0 fully saturated rings. The van der Waals surface area contributed by atoms with E-state index in [1.54, 1.807) is 13.8 Å². The lowest BCUT2D eigenvalue weighted by Gasteiger charge is -2.13. The molecule has 1 unspecified atom stereocenters.